The van der Waals surface area contributed by atoms with Gasteiger partial charge in [-0.3, -0.25) is 9.78 Å². The standard InChI is InChI=1S/C12H13ClN4OS/c13-10-5-16-17(6-8-1-2-8)12(18)11(10)15-4-9-3-14-7-19-9/h3,5,7-8,15H,1-2,4,6H2. The third-order valence-corrected chi connectivity index (χ3v) is 4.11. The summed E-state index contributed by atoms with van der Waals surface area (Å²) < 4.78 is 1.50. The van der Waals surface area contributed by atoms with E-state index >= 15 is 0 Å². The Balaban J connectivity index is 1.80. The fourth-order valence-electron chi connectivity index (χ4n) is 1.81. The molecule has 0 atom stereocenters. The molecule has 0 saturated heterocycles. The Morgan fingerprint density at radius 1 is 1.47 bits per heavy atom. The molecule has 3 rings (SSSR count). The van der Waals surface area contributed by atoms with Crippen molar-refractivity contribution >= 4 is 28.6 Å². The predicted molar refractivity (Wildman–Crippen MR) is 75.7 cm³/mol. The van der Waals surface area contributed by atoms with Gasteiger partial charge in [0, 0.05) is 17.6 Å². The third kappa shape index (κ3) is 2.96. The summed E-state index contributed by atoms with van der Waals surface area (Å²) in [5, 5.41) is 7.53. The van der Waals surface area contributed by atoms with Crippen molar-refractivity contribution in [1.82, 2.24) is 14.8 Å². The van der Waals surface area contributed by atoms with E-state index in [1.54, 1.807) is 11.7 Å². The van der Waals surface area contributed by atoms with E-state index in [2.05, 4.69) is 15.4 Å². The van der Waals surface area contributed by atoms with Crippen LogP contribution in [0.1, 0.15) is 17.7 Å². The molecule has 2 aromatic heterocycles. The predicted octanol–water partition coefficient (Wildman–Crippen LogP) is 2.38. The summed E-state index contributed by atoms with van der Waals surface area (Å²) in [5.41, 5.74) is 2.03. The topological polar surface area (TPSA) is 59.8 Å². The van der Waals surface area contributed by atoms with Crippen molar-refractivity contribution in [3.8, 4) is 0 Å². The smallest absolute Gasteiger partial charge is 0.291 e. The third-order valence-electron chi connectivity index (χ3n) is 3.05. The summed E-state index contributed by atoms with van der Waals surface area (Å²) in [4.78, 5) is 17.3. The second kappa shape index (κ2) is 5.30. The normalized spacial score (nSPS) is 14.6. The van der Waals surface area contributed by atoms with E-state index < -0.39 is 0 Å². The molecule has 1 aliphatic rings. The molecule has 1 aliphatic carbocycles. The number of nitrogens with one attached hydrogen (secondary N) is 1. The number of thiazole rings is 1. The monoisotopic (exact) mass is 296 g/mol. The van der Waals surface area contributed by atoms with E-state index in [1.807, 2.05) is 0 Å². The number of hydrogen-bond donors (Lipinski definition) is 1. The molecule has 19 heavy (non-hydrogen) atoms. The quantitative estimate of drug-likeness (QED) is 0.920. The molecule has 0 unspecified atom stereocenters. The lowest BCUT2D eigenvalue weighted by Crippen LogP contribution is -2.26. The second-order valence-electron chi connectivity index (χ2n) is 4.62. The lowest BCUT2D eigenvalue weighted by molar-refractivity contribution is 0.534. The Bertz CT molecular complexity index is 621. The van der Waals surface area contributed by atoms with Crippen molar-refractivity contribution in [1.29, 1.82) is 0 Å². The van der Waals surface area contributed by atoms with Crippen LogP contribution in [0, 0.1) is 5.92 Å². The lowest BCUT2D eigenvalue weighted by Gasteiger charge is -2.09. The lowest BCUT2D eigenvalue weighted by atomic mass is 10.4. The zero-order chi connectivity index (χ0) is 13.2. The van der Waals surface area contributed by atoms with Gasteiger partial charge in [-0.1, -0.05) is 11.6 Å². The van der Waals surface area contributed by atoms with Gasteiger partial charge in [0.05, 0.1) is 23.3 Å². The van der Waals surface area contributed by atoms with Crippen molar-refractivity contribution in [2.45, 2.75) is 25.9 Å². The largest absolute Gasteiger partial charge is 0.374 e. The van der Waals surface area contributed by atoms with Crippen LogP contribution in [0.25, 0.3) is 0 Å². The van der Waals surface area contributed by atoms with Gasteiger partial charge in [0.15, 0.2) is 0 Å². The fraction of sp³-hybridized carbons (Fsp3) is 0.417. The highest BCUT2D eigenvalue weighted by molar-refractivity contribution is 7.09. The van der Waals surface area contributed by atoms with Crippen LogP contribution in [0.4, 0.5) is 5.69 Å². The van der Waals surface area contributed by atoms with Crippen LogP contribution in [0.5, 0.6) is 0 Å². The first-order valence-electron chi connectivity index (χ1n) is 6.11. The van der Waals surface area contributed by atoms with Crippen LogP contribution >= 0.6 is 22.9 Å². The Labute approximate surface area is 119 Å². The van der Waals surface area contributed by atoms with Crippen molar-refractivity contribution in [3.63, 3.8) is 0 Å². The first-order chi connectivity index (χ1) is 9.24. The molecule has 0 aliphatic heterocycles. The van der Waals surface area contributed by atoms with Gasteiger partial charge < -0.3 is 5.32 Å². The molecule has 0 aromatic carbocycles. The highest BCUT2D eigenvalue weighted by Crippen LogP contribution is 2.30. The average molecular weight is 297 g/mol. The summed E-state index contributed by atoms with van der Waals surface area (Å²) >= 11 is 7.58. The van der Waals surface area contributed by atoms with Gasteiger partial charge in [-0.25, -0.2) is 4.68 Å². The molecule has 0 amide bonds. The Morgan fingerprint density at radius 3 is 3.00 bits per heavy atom. The van der Waals surface area contributed by atoms with Crippen LogP contribution in [0.3, 0.4) is 0 Å². The van der Waals surface area contributed by atoms with Crippen molar-refractivity contribution < 1.29 is 0 Å². The fourth-order valence-corrected chi connectivity index (χ4v) is 2.53. The maximum absolute atomic E-state index is 12.3. The van der Waals surface area contributed by atoms with Gasteiger partial charge in [-0.05, 0) is 18.8 Å². The molecule has 7 heteroatoms. The van der Waals surface area contributed by atoms with E-state index in [0.29, 0.717) is 29.7 Å². The summed E-state index contributed by atoms with van der Waals surface area (Å²) in [6, 6.07) is 0. The maximum Gasteiger partial charge on any atom is 0.291 e. The molecule has 0 spiro atoms. The number of hydrogen-bond acceptors (Lipinski definition) is 5. The molecule has 0 bridgehead atoms. The van der Waals surface area contributed by atoms with E-state index in [-0.39, 0.29) is 5.56 Å². The van der Waals surface area contributed by atoms with Gasteiger partial charge in [0.25, 0.3) is 5.56 Å². The zero-order valence-corrected chi connectivity index (χ0v) is 11.7. The van der Waals surface area contributed by atoms with E-state index in [0.717, 1.165) is 4.88 Å². The summed E-state index contributed by atoms with van der Waals surface area (Å²) in [6.07, 6.45) is 5.66. The molecular weight excluding hydrogens is 284 g/mol. The van der Waals surface area contributed by atoms with E-state index in [9.17, 15) is 4.79 Å². The first kappa shape index (κ1) is 12.6. The summed E-state index contributed by atoms with van der Waals surface area (Å²) in [5.74, 6) is 0.598. The molecular formula is C12H13ClN4OS. The maximum atomic E-state index is 12.3. The van der Waals surface area contributed by atoms with Gasteiger partial charge in [-0.15, -0.1) is 11.3 Å². The van der Waals surface area contributed by atoms with Crippen molar-refractivity contribution in [2.75, 3.05) is 5.32 Å². The van der Waals surface area contributed by atoms with Crippen LogP contribution in [-0.4, -0.2) is 14.8 Å². The van der Waals surface area contributed by atoms with Crippen LogP contribution in [0.2, 0.25) is 5.02 Å². The minimum Gasteiger partial charge on any atom is -0.374 e. The summed E-state index contributed by atoms with van der Waals surface area (Å²) in [6.45, 7) is 1.23. The Hall–Kier alpha value is -1.40. The molecule has 1 N–H and O–H groups in total. The zero-order valence-electron chi connectivity index (χ0n) is 10.2. The highest BCUT2D eigenvalue weighted by Gasteiger charge is 2.23. The number of rotatable bonds is 5. The van der Waals surface area contributed by atoms with Crippen LogP contribution in [-0.2, 0) is 13.1 Å². The van der Waals surface area contributed by atoms with Gasteiger partial charge >= 0.3 is 0 Å². The van der Waals surface area contributed by atoms with Gasteiger partial charge in [-0.2, -0.15) is 5.10 Å². The van der Waals surface area contributed by atoms with Crippen molar-refractivity contribution in [3.05, 3.63) is 38.2 Å². The number of anilines is 1. The molecule has 0 radical (unpaired) electrons. The first-order valence-corrected chi connectivity index (χ1v) is 7.36. The van der Waals surface area contributed by atoms with Crippen LogP contribution < -0.4 is 10.9 Å². The minimum absolute atomic E-state index is 0.149. The minimum atomic E-state index is -0.149. The van der Waals surface area contributed by atoms with Gasteiger partial charge in [0.2, 0.25) is 0 Å². The molecule has 5 nitrogen and oxygen atoms in total. The molecule has 100 valence electrons. The number of nitrogens with zero attached hydrogens (tertiary/aromatic N) is 3. The van der Waals surface area contributed by atoms with E-state index in [4.69, 9.17) is 11.6 Å². The molecule has 1 fully saturated rings. The van der Waals surface area contributed by atoms with Gasteiger partial charge in [0.1, 0.15) is 5.69 Å². The highest BCUT2D eigenvalue weighted by atomic mass is 35.5. The molecule has 1 saturated carbocycles. The van der Waals surface area contributed by atoms with Crippen molar-refractivity contribution in [2.24, 2.45) is 5.92 Å². The second-order valence-corrected chi connectivity index (χ2v) is 6.00. The SMILES string of the molecule is O=c1c(NCc2cncs2)c(Cl)cnn1CC1CC1. The Kier molecular flexibility index (Phi) is 3.52. The van der Waals surface area contributed by atoms with Crippen LogP contribution in [0.15, 0.2) is 22.7 Å². The Morgan fingerprint density at radius 2 is 2.32 bits per heavy atom. The van der Waals surface area contributed by atoms with E-state index in [1.165, 1.54) is 35.1 Å². The number of halogens is 1. The number of aromatic nitrogens is 3. The molecule has 2 heterocycles. The average Bonchev–Trinajstić information content (AvgIpc) is 3.06. The summed E-state index contributed by atoms with van der Waals surface area (Å²) in [7, 11) is 0. The molecule has 2 aromatic rings.